The molecule has 0 radical (unpaired) electrons. The first-order chi connectivity index (χ1) is 30.2. The lowest BCUT2D eigenvalue weighted by Crippen LogP contribution is -2.07. The molecule has 0 bridgehead atoms. The van der Waals surface area contributed by atoms with Crippen LogP contribution in [0.15, 0.2) is 152 Å². The number of alkyl halides is 3. The molecule has 9 heteroatoms. The van der Waals surface area contributed by atoms with E-state index in [9.17, 15) is 23.7 Å². The molecule has 294 valence electrons. The molecule has 0 amide bonds. The molecule has 62 heavy (non-hydrogen) atoms. The van der Waals surface area contributed by atoms with E-state index >= 15 is 0 Å². The Balaban J connectivity index is 1.30. The molecule has 0 unspecified atom stereocenters. The molecule has 0 fully saturated rings. The molecule has 0 saturated carbocycles. The highest BCUT2D eigenvalue weighted by atomic mass is 19.4. The van der Waals surface area contributed by atoms with Crippen LogP contribution in [-0.2, 0) is 20.3 Å². The second kappa shape index (κ2) is 12.6. The van der Waals surface area contributed by atoms with Gasteiger partial charge in [0.1, 0.15) is 6.07 Å². The summed E-state index contributed by atoms with van der Waals surface area (Å²) in [5.74, 6) is 0. The topological polar surface area (TPSA) is 67.3 Å². The van der Waals surface area contributed by atoms with Crippen molar-refractivity contribution in [2.75, 3.05) is 0 Å². The lowest BCUT2D eigenvalue weighted by molar-refractivity contribution is -0.137. The van der Waals surface area contributed by atoms with E-state index in [4.69, 9.17) is 0 Å². The molecule has 0 aliphatic carbocycles. The van der Waals surface area contributed by atoms with Gasteiger partial charge in [-0.3, -0.25) is 0 Å². The minimum Gasteiger partial charge on any atom is -0.344 e. The maximum absolute atomic E-state index is 14.8. The monoisotopic (exact) mass is 808 g/mol. The Hall–Kier alpha value is -8.27. The second-order valence-electron chi connectivity index (χ2n) is 16.0. The lowest BCUT2D eigenvalue weighted by atomic mass is 9.95. The van der Waals surface area contributed by atoms with Gasteiger partial charge in [0.25, 0.3) is 0 Å². The number of nitriles is 2. The number of nitrogens with zero attached hydrogens (tertiary/aromatic N) is 6. The number of fused-ring (bicyclic) bond motifs is 14. The van der Waals surface area contributed by atoms with Gasteiger partial charge in [-0.1, -0.05) is 84.9 Å². The van der Waals surface area contributed by atoms with Crippen molar-refractivity contribution in [3.63, 3.8) is 0 Å². The first kappa shape index (κ1) is 35.7. The standard InChI is InChI=1S/C53H31F3N6/c1-59-41-15-7-5-13-38(41)49-45(59)21-19-36-34-11-3-9-17-43(34)61(51(36)49)47-27-40(31-23-30(28-57)24-33(25-31)53(54,55)56)48(26-32(47)29-58)62-44-18-10-4-12-35(44)37-20-22-46-50(52(37)62)39-14-6-8-16-42(39)60(46)2/h3-27H,1-2H3. The summed E-state index contributed by atoms with van der Waals surface area (Å²) in [6.07, 6.45) is -4.73. The fourth-order valence-corrected chi connectivity index (χ4v) is 10.2. The van der Waals surface area contributed by atoms with E-state index in [1.54, 1.807) is 0 Å². The third-order valence-corrected chi connectivity index (χ3v) is 12.8. The maximum Gasteiger partial charge on any atom is 0.416 e. The third kappa shape index (κ3) is 4.73. The highest BCUT2D eigenvalue weighted by Gasteiger charge is 2.32. The van der Waals surface area contributed by atoms with Gasteiger partial charge < -0.3 is 18.3 Å². The molecule has 12 rings (SSSR count). The average molecular weight is 809 g/mol. The lowest BCUT2D eigenvalue weighted by Gasteiger charge is -2.20. The zero-order valence-electron chi connectivity index (χ0n) is 33.3. The molecule has 0 spiro atoms. The van der Waals surface area contributed by atoms with E-state index in [0.717, 1.165) is 99.4 Å². The maximum atomic E-state index is 14.8. The fraction of sp³-hybridized carbons (Fsp3) is 0.0566. The summed E-state index contributed by atoms with van der Waals surface area (Å²) >= 11 is 0. The van der Waals surface area contributed by atoms with E-state index in [2.05, 4.69) is 85.0 Å². The van der Waals surface area contributed by atoms with Crippen molar-refractivity contribution in [1.29, 1.82) is 10.5 Å². The molecule has 8 aromatic carbocycles. The summed E-state index contributed by atoms with van der Waals surface area (Å²) in [7, 11) is 4.07. The van der Waals surface area contributed by atoms with Crippen molar-refractivity contribution in [1.82, 2.24) is 18.3 Å². The van der Waals surface area contributed by atoms with Crippen LogP contribution in [0.4, 0.5) is 13.2 Å². The Morgan fingerprint density at radius 2 is 0.935 bits per heavy atom. The van der Waals surface area contributed by atoms with Gasteiger partial charge in [-0.25, -0.2) is 0 Å². The Kier molecular flexibility index (Phi) is 7.26. The highest BCUT2D eigenvalue weighted by Crippen LogP contribution is 2.46. The molecular formula is C53H31F3N6. The largest absolute Gasteiger partial charge is 0.416 e. The number of hydrogen-bond donors (Lipinski definition) is 0. The number of para-hydroxylation sites is 4. The van der Waals surface area contributed by atoms with E-state index in [-0.39, 0.29) is 11.1 Å². The van der Waals surface area contributed by atoms with Crippen LogP contribution in [-0.4, -0.2) is 18.3 Å². The molecular weight excluding hydrogens is 778 g/mol. The van der Waals surface area contributed by atoms with Crippen molar-refractivity contribution >= 4 is 87.2 Å². The van der Waals surface area contributed by atoms with Gasteiger partial charge >= 0.3 is 6.18 Å². The number of benzene rings is 8. The van der Waals surface area contributed by atoms with Crippen molar-refractivity contribution in [2.45, 2.75) is 6.18 Å². The molecule has 12 aromatic rings. The SMILES string of the molecule is Cn1c2ccccc2c2c1ccc1c3ccccc3n(-c3cc(-c4cc(C#N)cc(C(F)(F)F)c4)c(-n4c5ccccc5c5ccc6c(c7ccccc7n6C)c54)cc3C#N)c12. The molecule has 0 aliphatic rings. The summed E-state index contributed by atoms with van der Waals surface area (Å²) in [4.78, 5) is 0. The van der Waals surface area contributed by atoms with Gasteiger partial charge in [-0.2, -0.15) is 23.7 Å². The molecule has 0 aliphatic heterocycles. The predicted molar refractivity (Wildman–Crippen MR) is 243 cm³/mol. The van der Waals surface area contributed by atoms with Crippen molar-refractivity contribution in [3.05, 3.63) is 168 Å². The predicted octanol–water partition coefficient (Wildman–Crippen LogP) is 13.6. The molecule has 0 N–H and O–H groups in total. The summed E-state index contributed by atoms with van der Waals surface area (Å²) < 4.78 is 52.9. The van der Waals surface area contributed by atoms with E-state index < -0.39 is 11.7 Å². The van der Waals surface area contributed by atoms with Gasteiger partial charge in [0.05, 0.1) is 67.2 Å². The van der Waals surface area contributed by atoms with Gasteiger partial charge in [0.15, 0.2) is 0 Å². The van der Waals surface area contributed by atoms with Crippen LogP contribution in [0.1, 0.15) is 16.7 Å². The highest BCUT2D eigenvalue weighted by molar-refractivity contribution is 6.27. The summed E-state index contributed by atoms with van der Waals surface area (Å²) in [6.45, 7) is 0. The number of aromatic nitrogens is 4. The first-order valence-electron chi connectivity index (χ1n) is 20.2. The van der Waals surface area contributed by atoms with Crippen molar-refractivity contribution in [3.8, 4) is 34.6 Å². The number of hydrogen-bond acceptors (Lipinski definition) is 2. The van der Waals surface area contributed by atoms with Crippen LogP contribution in [0.5, 0.6) is 0 Å². The Morgan fingerprint density at radius 1 is 0.452 bits per heavy atom. The summed E-state index contributed by atoms with van der Waals surface area (Å²) in [5, 5.41) is 29.4. The number of rotatable bonds is 3. The van der Waals surface area contributed by atoms with Gasteiger partial charge in [-0.05, 0) is 72.3 Å². The second-order valence-corrected chi connectivity index (χ2v) is 16.0. The zero-order chi connectivity index (χ0) is 42.2. The third-order valence-electron chi connectivity index (χ3n) is 12.8. The van der Waals surface area contributed by atoms with Crippen molar-refractivity contribution < 1.29 is 13.2 Å². The van der Waals surface area contributed by atoms with Crippen LogP contribution >= 0.6 is 0 Å². The van der Waals surface area contributed by atoms with E-state index in [0.29, 0.717) is 22.5 Å². The summed E-state index contributed by atoms with van der Waals surface area (Å²) in [6, 6.07) is 52.5. The number of aryl methyl sites for hydroxylation is 2. The van der Waals surface area contributed by atoms with E-state index in [1.165, 1.54) is 6.07 Å². The Bertz CT molecular complexity index is 4030. The van der Waals surface area contributed by atoms with Gasteiger partial charge in [-0.15, -0.1) is 0 Å². The quantitative estimate of drug-likeness (QED) is 0.178. The Labute approximate surface area is 351 Å². The van der Waals surface area contributed by atoms with E-state index in [1.807, 2.05) is 93.0 Å². The molecule has 4 heterocycles. The smallest absolute Gasteiger partial charge is 0.344 e. The van der Waals surface area contributed by atoms with Crippen LogP contribution in [0.3, 0.4) is 0 Å². The first-order valence-corrected chi connectivity index (χ1v) is 20.2. The average Bonchev–Trinajstić information content (AvgIpc) is 4.00. The fourth-order valence-electron chi connectivity index (χ4n) is 10.2. The molecule has 4 aromatic heterocycles. The van der Waals surface area contributed by atoms with Gasteiger partial charge in [0.2, 0.25) is 0 Å². The molecule has 6 nitrogen and oxygen atoms in total. The zero-order valence-corrected chi connectivity index (χ0v) is 33.3. The van der Waals surface area contributed by atoms with Crippen molar-refractivity contribution in [2.24, 2.45) is 14.1 Å². The normalized spacial score (nSPS) is 12.2. The molecule has 0 saturated heterocycles. The van der Waals surface area contributed by atoms with Gasteiger partial charge in [0, 0.05) is 73.8 Å². The molecule has 0 atom stereocenters. The minimum atomic E-state index is -4.73. The Morgan fingerprint density at radius 3 is 1.44 bits per heavy atom. The number of halogens is 3. The van der Waals surface area contributed by atoms with Crippen LogP contribution < -0.4 is 0 Å². The van der Waals surface area contributed by atoms with Crippen LogP contribution in [0.25, 0.3) is 110 Å². The summed E-state index contributed by atoms with van der Waals surface area (Å²) in [5.41, 5.74) is 8.37. The van der Waals surface area contributed by atoms with Crippen LogP contribution in [0.2, 0.25) is 0 Å². The minimum absolute atomic E-state index is 0.125. The van der Waals surface area contributed by atoms with Crippen LogP contribution in [0, 0.1) is 22.7 Å².